The summed E-state index contributed by atoms with van der Waals surface area (Å²) in [6.07, 6.45) is 13.0. The number of nitrogens with one attached hydrogen (secondary N) is 2. The number of nitriles is 1. The van der Waals surface area contributed by atoms with Crippen molar-refractivity contribution in [2.45, 2.75) is 69.7 Å². The lowest BCUT2D eigenvalue weighted by Crippen LogP contribution is -2.49. The summed E-state index contributed by atoms with van der Waals surface area (Å²) in [4.78, 5) is 44.2. The lowest BCUT2D eigenvalue weighted by atomic mass is 9.90. The first-order chi connectivity index (χ1) is 23.5. The summed E-state index contributed by atoms with van der Waals surface area (Å²) >= 11 is 0. The lowest BCUT2D eigenvalue weighted by Gasteiger charge is -2.36. The highest BCUT2D eigenvalue weighted by molar-refractivity contribution is 5.90. The van der Waals surface area contributed by atoms with Gasteiger partial charge in [-0.1, -0.05) is 30.3 Å². The maximum absolute atomic E-state index is 13.7. The van der Waals surface area contributed by atoms with Crippen molar-refractivity contribution in [2.24, 2.45) is 0 Å². The van der Waals surface area contributed by atoms with Crippen LogP contribution in [-0.2, 0) is 6.54 Å². The first kappa shape index (κ1) is 32.5. The second-order valence-electron chi connectivity index (χ2n) is 12.0. The monoisotopic (exact) mass is 649 g/mol. The van der Waals surface area contributed by atoms with Crippen molar-refractivity contribution < 1.29 is 14.6 Å². The maximum Gasteiger partial charge on any atom is 0.324 e. The Hall–Kier alpha value is -5.42. The number of nitrogens with zero attached hydrogens (tertiary/aromatic N) is 9. The molecule has 0 radical (unpaired) electrons. The Labute approximate surface area is 279 Å². The van der Waals surface area contributed by atoms with Crippen molar-refractivity contribution in [1.82, 2.24) is 35.2 Å². The Kier molecular flexibility index (Phi) is 10.5. The fourth-order valence-electron chi connectivity index (χ4n) is 6.16. The highest BCUT2D eigenvalue weighted by Crippen LogP contribution is 2.29. The molecular weight excluding hydrogens is 610 g/mol. The van der Waals surface area contributed by atoms with Gasteiger partial charge in [0.15, 0.2) is 5.82 Å². The second-order valence-corrected chi connectivity index (χ2v) is 12.0. The summed E-state index contributed by atoms with van der Waals surface area (Å²) in [5, 5.41) is 26.3. The van der Waals surface area contributed by atoms with Crippen molar-refractivity contribution in [1.29, 1.82) is 5.26 Å². The summed E-state index contributed by atoms with van der Waals surface area (Å²) in [5.41, 5.74) is 2.86. The molecule has 0 spiro atoms. The molecule has 2 aliphatic rings. The number of methoxy groups -OCH3 is 1. The second kappa shape index (κ2) is 15.4. The number of hydrogen-bond acceptors (Lipinski definition) is 12. The van der Waals surface area contributed by atoms with E-state index in [1.807, 2.05) is 30.3 Å². The van der Waals surface area contributed by atoms with E-state index < -0.39 is 0 Å². The SMILES string of the molecule is COc1ncc(-c2cnc(N(C(=O)NCc3ccccc3)C3CCC(Nc4ncc(C#N)c(N5CCCC(O)CC5)n4)CC3)nc2)cn1. The van der Waals surface area contributed by atoms with Crippen LogP contribution in [0.25, 0.3) is 11.1 Å². The standard InChI is InChI=1S/C34H39N11O3/c1-48-33-39-21-26(22-40-33)25-19-37-32(38-20-25)45(34(47)41-17-23-6-3-2-4-7-23)28-11-9-27(10-12-28)42-31-36-18-24(16-35)30(43-31)44-14-5-8-29(46)13-15-44/h2-4,6-7,18-22,27-29,46H,5,8-15,17H2,1H3,(H,41,47)(H,36,42,43). The minimum atomic E-state index is -0.332. The smallest absolute Gasteiger partial charge is 0.324 e. The molecule has 1 saturated carbocycles. The number of rotatable bonds is 9. The van der Waals surface area contributed by atoms with E-state index >= 15 is 0 Å². The average Bonchev–Trinajstić information content (AvgIpc) is 3.36. The molecule has 14 nitrogen and oxygen atoms in total. The van der Waals surface area contributed by atoms with E-state index in [1.165, 1.54) is 7.11 Å². The zero-order chi connectivity index (χ0) is 33.3. The molecule has 4 aromatic rings. The Morgan fingerprint density at radius 3 is 2.35 bits per heavy atom. The van der Waals surface area contributed by atoms with E-state index in [-0.39, 0.29) is 30.2 Å². The van der Waals surface area contributed by atoms with Crippen molar-refractivity contribution in [3.8, 4) is 23.2 Å². The van der Waals surface area contributed by atoms with Gasteiger partial charge in [-0.15, -0.1) is 0 Å². The largest absolute Gasteiger partial charge is 0.467 e. The summed E-state index contributed by atoms with van der Waals surface area (Å²) in [6, 6.07) is 11.9. The molecule has 3 aromatic heterocycles. The number of aliphatic hydroxyl groups excluding tert-OH is 1. The quantitative estimate of drug-likeness (QED) is 0.237. The Balaban J connectivity index is 1.15. The van der Waals surface area contributed by atoms with Gasteiger partial charge in [0.25, 0.3) is 0 Å². The number of carbonyl (C=O) groups is 1. The van der Waals surface area contributed by atoms with Crippen LogP contribution in [0.1, 0.15) is 56.1 Å². The normalized spacial score (nSPS) is 19.4. The predicted molar refractivity (Wildman–Crippen MR) is 179 cm³/mol. The van der Waals surface area contributed by atoms with Gasteiger partial charge in [-0.2, -0.15) is 10.2 Å². The lowest BCUT2D eigenvalue weighted by molar-refractivity contribution is 0.161. The molecule has 6 rings (SSSR count). The number of urea groups is 1. The molecule has 4 heterocycles. The molecule has 3 N–H and O–H groups in total. The molecular formula is C34H39N11O3. The molecule has 1 unspecified atom stereocenters. The number of carbonyl (C=O) groups excluding carboxylic acids is 1. The number of aliphatic hydroxyl groups is 1. The van der Waals surface area contributed by atoms with Gasteiger partial charge < -0.3 is 25.4 Å². The van der Waals surface area contributed by atoms with Crippen molar-refractivity contribution in [3.05, 3.63) is 72.4 Å². The summed E-state index contributed by atoms with van der Waals surface area (Å²) in [5.74, 6) is 1.38. The Bertz CT molecular complexity index is 1690. The van der Waals surface area contributed by atoms with Gasteiger partial charge in [0.05, 0.1) is 19.4 Å². The molecule has 2 fully saturated rings. The first-order valence-electron chi connectivity index (χ1n) is 16.3. The van der Waals surface area contributed by atoms with Crippen molar-refractivity contribution in [2.75, 3.05) is 35.3 Å². The predicted octanol–water partition coefficient (Wildman–Crippen LogP) is 4.09. The first-order valence-corrected chi connectivity index (χ1v) is 16.3. The van der Waals surface area contributed by atoms with Gasteiger partial charge in [-0.3, -0.25) is 4.90 Å². The van der Waals surface area contributed by atoms with Crippen LogP contribution in [0, 0.1) is 11.3 Å². The molecule has 248 valence electrons. The van der Waals surface area contributed by atoms with Gasteiger partial charge in [-0.25, -0.2) is 29.7 Å². The van der Waals surface area contributed by atoms with E-state index in [0.29, 0.717) is 55.6 Å². The van der Waals surface area contributed by atoms with Crippen LogP contribution in [0.5, 0.6) is 6.01 Å². The Morgan fingerprint density at radius 2 is 1.67 bits per heavy atom. The highest BCUT2D eigenvalue weighted by atomic mass is 16.5. The van der Waals surface area contributed by atoms with Crippen LogP contribution >= 0.6 is 0 Å². The van der Waals surface area contributed by atoms with Crippen LogP contribution in [0.15, 0.2) is 61.3 Å². The van der Waals surface area contributed by atoms with Crippen molar-refractivity contribution in [3.63, 3.8) is 0 Å². The molecule has 1 saturated heterocycles. The van der Waals surface area contributed by atoms with Crippen LogP contribution < -0.4 is 25.2 Å². The van der Waals surface area contributed by atoms with E-state index in [1.54, 1.807) is 35.9 Å². The Morgan fingerprint density at radius 1 is 0.958 bits per heavy atom. The maximum atomic E-state index is 13.7. The summed E-state index contributed by atoms with van der Waals surface area (Å²) in [6.45, 7) is 1.74. The van der Waals surface area contributed by atoms with Gasteiger partial charge in [-0.05, 0) is 50.5 Å². The van der Waals surface area contributed by atoms with E-state index in [2.05, 4.69) is 46.5 Å². The summed E-state index contributed by atoms with van der Waals surface area (Å²) in [7, 11) is 1.51. The number of anilines is 3. The molecule has 1 atom stereocenters. The van der Waals surface area contributed by atoms with Gasteiger partial charge >= 0.3 is 12.0 Å². The van der Waals surface area contributed by atoms with E-state index in [4.69, 9.17) is 9.72 Å². The van der Waals surface area contributed by atoms with E-state index in [9.17, 15) is 15.2 Å². The molecule has 2 amide bonds. The molecule has 0 bridgehead atoms. The molecule has 14 heteroatoms. The summed E-state index contributed by atoms with van der Waals surface area (Å²) < 4.78 is 5.05. The molecule has 1 aromatic carbocycles. The molecule has 1 aliphatic heterocycles. The minimum absolute atomic E-state index is 0.0839. The minimum Gasteiger partial charge on any atom is -0.467 e. The number of amides is 2. The average molecular weight is 650 g/mol. The highest BCUT2D eigenvalue weighted by Gasteiger charge is 2.32. The van der Waals surface area contributed by atoms with Crippen LogP contribution in [-0.4, -0.2) is 79.4 Å². The third kappa shape index (κ3) is 7.92. The topological polar surface area (TPSA) is 178 Å². The zero-order valence-electron chi connectivity index (χ0n) is 26.9. The van der Waals surface area contributed by atoms with Gasteiger partial charge in [0.1, 0.15) is 11.6 Å². The van der Waals surface area contributed by atoms with Gasteiger partial charge in [0.2, 0.25) is 11.9 Å². The number of ether oxygens (including phenoxy) is 1. The molecule has 1 aliphatic carbocycles. The third-order valence-corrected chi connectivity index (χ3v) is 8.78. The number of aromatic nitrogens is 6. The van der Waals surface area contributed by atoms with Crippen LogP contribution in [0.3, 0.4) is 0 Å². The number of hydrogen-bond donors (Lipinski definition) is 3. The van der Waals surface area contributed by atoms with Gasteiger partial charge in [0, 0.05) is 67.6 Å². The van der Waals surface area contributed by atoms with Crippen LogP contribution in [0.4, 0.5) is 22.5 Å². The molecule has 48 heavy (non-hydrogen) atoms. The fourth-order valence-corrected chi connectivity index (χ4v) is 6.16. The van der Waals surface area contributed by atoms with Crippen molar-refractivity contribution >= 4 is 23.7 Å². The van der Waals surface area contributed by atoms with Crippen LogP contribution in [0.2, 0.25) is 0 Å². The number of benzene rings is 1. The zero-order valence-corrected chi connectivity index (χ0v) is 26.9. The third-order valence-electron chi connectivity index (χ3n) is 8.78. The van der Waals surface area contributed by atoms with E-state index in [0.717, 1.165) is 48.9 Å². The fraction of sp³-hybridized carbons (Fsp3) is 0.412.